The largest absolute Gasteiger partial charge is 0.352 e. The zero-order chi connectivity index (χ0) is 16.9. The summed E-state index contributed by atoms with van der Waals surface area (Å²) in [6, 6.07) is 11.4. The lowest BCUT2D eigenvalue weighted by Crippen LogP contribution is -2.24. The molecule has 3 aromatic rings. The van der Waals surface area contributed by atoms with Crippen molar-refractivity contribution in [1.82, 2.24) is 20.1 Å². The summed E-state index contributed by atoms with van der Waals surface area (Å²) in [5.74, 6) is 0.698. The van der Waals surface area contributed by atoms with E-state index in [4.69, 9.17) is 23.8 Å². The van der Waals surface area contributed by atoms with E-state index in [9.17, 15) is 4.79 Å². The quantitative estimate of drug-likeness (QED) is 0.636. The molecule has 0 aliphatic carbocycles. The van der Waals surface area contributed by atoms with Gasteiger partial charge in [-0.15, -0.1) is 11.3 Å². The summed E-state index contributed by atoms with van der Waals surface area (Å²) in [5.41, 5.74) is 0.895. The van der Waals surface area contributed by atoms with E-state index in [1.54, 1.807) is 17.4 Å². The number of nitrogens with zero attached hydrogens (tertiary/aromatic N) is 2. The third-order valence-corrected chi connectivity index (χ3v) is 5.04. The Kier molecular flexibility index (Phi) is 5.44. The van der Waals surface area contributed by atoms with Gasteiger partial charge in [0.25, 0.3) is 0 Å². The van der Waals surface area contributed by atoms with Gasteiger partial charge in [0.1, 0.15) is 0 Å². The average Bonchev–Trinajstić information content (AvgIpc) is 3.22. The molecule has 8 heteroatoms. The van der Waals surface area contributed by atoms with Gasteiger partial charge in [0.2, 0.25) is 5.91 Å². The van der Waals surface area contributed by atoms with Crippen LogP contribution in [-0.4, -0.2) is 20.7 Å². The van der Waals surface area contributed by atoms with Crippen molar-refractivity contribution in [1.29, 1.82) is 0 Å². The Labute approximate surface area is 153 Å². The summed E-state index contributed by atoms with van der Waals surface area (Å²) >= 11 is 12.9. The van der Waals surface area contributed by atoms with Gasteiger partial charge in [-0.1, -0.05) is 35.9 Å². The van der Waals surface area contributed by atoms with Gasteiger partial charge >= 0.3 is 0 Å². The monoisotopic (exact) mass is 378 g/mol. The number of H-pyrrole nitrogens is 1. The third-order valence-electron chi connectivity index (χ3n) is 3.50. The second-order valence-corrected chi connectivity index (χ2v) is 6.84. The molecule has 0 spiro atoms. The Morgan fingerprint density at radius 1 is 1.33 bits per heavy atom. The highest BCUT2D eigenvalue weighted by atomic mass is 35.5. The van der Waals surface area contributed by atoms with Gasteiger partial charge in [-0.2, -0.15) is 5.10 Å². The van der Waals surface area contributed by atoms with E-state index in [0.29, 0.717) is 29.3 Å². The van der Waals surface area contributed by atoms with Gasteiger partial charge in [-0.05, 0) is 35.3 Å². The summed E-state index contributed by atoms with van der Waals surface area (Å²) in [6.45, 7) is 0.879. The lowest BCUT2D eigenvalue weighted by molar-refractivity contribution is -0.121. The van der Waals surface area contributed by atoms with E-state index in [1.165, 1.54) is 0 Å². The summed E-state index contributed by atoms with van der Waals surface area (Å²) in [7, 11) is 0. The van der Waals surface area contributed by atoms with E-state index in [1.807, 2.05) is 40.3 Å². The van der Waals surface area contributed by atoms with Crippen LogP contribution in [0.15, 0.2) is 41.8 Å². The predicted molar refractivity (Wildman–Crippen MR) is 98.6 cm³/mol. The van der Waals surface area contributed by atoms with Gasteiger partial charge in [0.05, 0.1) is 4.88 Å². The van der Waals surface area contributed by atoms with Crippen LogP contribution in [0.4, 0.5) is 0 Å². The van der Waals surface area contributed by atoms with Crippen LogP contribution in [0.1, 0.15) is 12.0 Å². The molecule has 0 atom stereocenters. The Balaban J connectivity index is 1.60. The van der Waals surface area contributed by atoms with Gasteiger partial charge in [-0.25, -0.2) is 0 Å². The molecule has 2 heterocycles. The third kappa shape index (κ3) is 3.92. The van der Waals surface area contributed by atoms with Gasteiger partial charge in [0.15, 0.2) is 10.6 Å². The first-order valence-electron chi connectivity index (χ1n) is 7.34. The number of halogens is 1. The summed E-state index contributed by atoms with van der Waals surface area (Å²) < 4.78 is 2.35. The number of hydrogen-bond donors (Lipinski definition) is 2. The Bertz CT molecular complexity index is 886. The molecule has 0 unspecified atom stereocenters. The summed E-state index contributed by atoms with van der Waals surface area (Å²) in [6.07, 6.45) is 0.316. The highest BCUT2D eigenvalue weighted by Gasteiger charge is 2.11. The minimum atomic E-state index is -0.0600. The molecule has 124 valence electrons. The second-order valence-electron chi connectivity index (χ2n) is 5.10. The van der Waals surface area contributed by atoms with Gasteiger partial charge in [-0.3, -0.25) is 14.5 Å². The van der Waals surface area contributed by atoms with Crippen molar-refractivity contribution < 1.29 is 4.79 Å². The van der Waals surface area contributed by atoms with Crippen molar-refractivity contribution in [2.75, 3.05) is 0 Å². The molecule has 2 aromatic heterocycles. The molecule has 0 radical (unpaired) electrons. The first-order chi connectivity index (χ1) is 11.6. The molecule has 1 aromatic carbocycles. The maximum absolute atomic E-state index is 12.1. The number of nitrogens with one attached hydrogen (secondary N) is 2. The molecule has 2 N–H and O–H groups in total. The molecule has 24 heavy (non-hydrogen) atoms. The number of aromatic amines is 1. The number of carbonyl (C=O) groups excluding carboxylic acids is 1. The maximum atomic E-state index is 12.1. The number of benzene rings is 1. The fourth-order valence-corrected chi connectivity index (χ4v) is 3.40. The number of aromatic nitrogens is 3. The second kappa shape index (κ2) is 7.74. The van der Waals surface area contributed by atoms with Crippen molar-refractivity contribution in [3.05, 3.63) is 57.1 Å². The molecule has 3 rings (SSSR count). The fraction of sp³-hybridized carbons (Fsp3) is 0.188. The van der Waals surface area contributed by atoms with Crippen molar-refractivity contribution in [2.24, 2.45) is 0 Å². The van der Waals surface area contributed by atoms with Crippen LogP contribution in [0.5, 0.6) is 0 Å². The van der Waals surface area contributed by atoms with Gasteiger partial charge < -0.3 is 5.32 Å². The smallest absolute Gasteiger partial charge is 0.222 e. The minimum absolute atomic E-state index is 0.0600. The first-order valence-corrected chi connectivity index (χ1v) is 9.01. The number of hydrogen-bond acceptors (Lipinski definition) is 4. The van der Waals surface area contributed by atoms with Crippen LogP contribution in [0.2, 0.25) is 5.02 Å². The highest BCUT2D eigenvalue weighted by Crippen LogP contribution is 2.22. The molecule has 0 saturated heterocycles. The number of carbonyl (C=O) groups is 1. The Hall–Kier alpha value is -1.96. The SMILES string of the molecule is O=C(CCn1c(-c2cccs2)n[nH]c1=S)NCc1ccccc1Cl. The van der Waals surface area contributed by atoms with Crippen LogP contribution >= 0.6 is 35.2 Å². The molecule has 0 aliphatic heterocycles. The molecule has 1 amide bonds. The van der Waals surface area contributed by atoms with Crippen LogP contribution in [0.25, 0.3) is 10.7 Å². The van der Waals surface area contributed by atoms with E-state index >= 15 is 0 Å². The molecule has 0 fully saturated rings. The number of rotatable bonds is 6. The lowest BCUT2D eigenvalue weighted by atomic mass is 10.2. The number of amides is 1. The van der Waals surface area contributed by atoms with Crippen molar-refractivity contribution in [2.45, 2.75) is 19.5 Å². The minimum Gasteiger partial charge on any atom is -0.352 e. The normalized spacial score (nSPS) is 10.7. The molecule has 0 aliphatic rings. The number of thiophene rings is 1. The molecular weight excluding hydrogens is 364 g/mol. The Morgan fingerprint density at radius 3 is 2.92 bits per heavy atom. The Morgan fingerprint density at radius 2 is 2.17 bits per heavy atom. The van der Waals surface area contributed by atoms with E-state index in [2.05, 4.69) is 15.5 Å². The van der Waals surface area contributed by atoms with Crippen LogP contribution in [0, 0.1) is 4.77 Å². The van der Waals surface area contributed by atoms with E-state index < -0.39 is 0 Å². The van der Waals surface area contributed by atoms with Crippen molar-refractivity contribution in [3.63, 3.8) is 0 Å². The molecule has 0 bridgehead atoms. The van der Waals surface area contributed by atoms with E-state index in [0.717, 1.165) is 16.3 Å². The van der Waals surface area contributed by atoms with Crippen molar-refractivity contribution >= 4 is 41.1 Å². The molecule has 5 nitrogen and oxygen atoms in total. The van der Waals surface area contributed by atoms with Crippen molar-refractivity contribution in [3.8, 4) is 10.7 Å². The zero-order valence-electron chi connectivity index (χ0n) is 12.7. The fourth-order valence-electron chi connectivity index (χ4n) is 2.26. The molecular formula is C16H15ClN4OS2. The van der Waals surface area contributed by atoms with Crippen LogP contribution in [-0.2, 0) is 17.9 Å². The highest BCUT2D eigenvalue weighted by molar-refractivity contribution is 7.71. The summed E-state index contributed by atoms with van der Waals surface area (Å²) in [4.78, 5) is 13.1. The van der Waals surface area contributed by atoms with E-state index in [-0.39, 0.29) is 5.91 Å². The first kappa shape index (κ1) is 16.9. The maximum Gasteiger partial charge on any atom is 0.222 e. The predicted octanol–water partition coefficient (Wildman–Crippen LogP) is 4.03. The van der Waals surface area contributed by atoms with Crippen LogP contribution in [0.3, 0.4) is 0 Å². The molecule has 0 saturated carbocycles. The lowest BCUT2D eigenvalue weighted by Gasteiger charge is -2.08. The topological polar surface area (TPSA) is 62.7 Å². The average molecular weight is 379 g/mol. The van der Waals surface area contributed by atoms with Crippen LogP contribution < -0.4 is 5.32 Å². The zero-order valence-corrected chi connectivity index (χ0v) is 15.0. The standard InChI is InChI=1S/C16H15ClN4OS2/c17-12-5-2-1-4-11(12)10-18-14(22)7-8-21-15(19-20-16(21)23)13-6-3-9-24-13/h1-6,9H,7-8,10H2,(H,18,22)(H,20,23). The van der Waals surface area contributed by atoms with Gasteiger partial charge in [0, 0.05) is 24.5 Å². The summed E-state index contributed by atoms with van der Waals surface area (Å²) in [5, 5.41) is 12.5.